The van der Waals surface area contributed by atoms with Crippen LogP contribution in [-0.4, -0.2) is 29.0 Å². The van der Waals surface area contributed by atoms with Crippen molar-refractivity contribution < 1.29 is 0 Å². The van der Waals surface area contributed by atoms with Gasteiger partial charge < -0.3 is 11.1 Å². The van der Waals surface area contributed by atoms with Gasteiger partial charge in [0.25, 0.3) is 0 Å². The molecule has 1 atom stereocenters. The Bertz CT molecular complexity index is 202. The molecule has 0 aliphatic carbocycles. The minimum atomic E-state index is 0.0103. The lowest BCUT2D eigenvalue weighted by Crippen LogP contribution is -2.45. The molecular formula is C10H21N3S. The molecule has 1 unspecified atom stereocenters. The van der Waals surface area contributed by atoms with Gasteiger partial charge in [-0.25, -0.2) is 0 Å². The Kier molecular flexibility index (Phi) is 4.11. The molecule has 82 valence electrons. The van der Waals surface area contributed by atoms with Crippen molar-refractivity contribution in [3.05, 3.63) is 0 Å². The lowest BCUT2D eigenvalue weighted by atomic mass is 10.1. The van der Waals surface area contributed by atoms with Gasteiger partial charge in [0.15, 0.2) is 5.96 Å². The summed E-state index contributed by atoms with van der Waals surface area (Å²) in [6.45, 7) is 7.11. The van der Waals surface area contributed by atoms with E-state index in [-0.39, 0.29) is 5.54 Å². The Morgan fingerprint density at radius 3 is 2.79 bits per heavy atom. The van der Waals surface area contributed by atoms with Gasteiger partial charge >= 0.3 is 0 Å². The van der Waals surface area contributed by atoms with E-state index >= 15 is 0 Å². The van der Waals surface area contributed by atoms with E-state index < -0.39 is 0 Å². The molecule has 1 fully saturated rings. The monoisotopic (exact) mass is 215 g/mol. The number of nitrogens with zero attached hydrogens (tertiary/aromatic N) is 1. The molecule has 1 rings (SSSR count). The Labute approximate surface area is 90.9 Å². The third-order valence-electron chi connectivity index (χ3n) is 1.99. The largest absolute Gasteiger partial charge is 0.370 e. The van der Waals surface area contributed by atoms with E-state index in [1.165, 1.54) is 18.6 Å². The van der Waals surface area contributed by atoms with Crippen molar-refractivity contribution >= 4 is 17.7 Å². The predicted molar refractivity (Wildman–Crippen MR) is 64.9 cm³/mol. The molecule has 1 aliphatic heterocycles. The molecule has 0 radical (unpaired) electrons. The zero-order chi connectivity index (χ0) is 10.6. The summed E-state index contributed by atoms with van der Waals surface area (Å²) >= 11 is 2.01. The second kappa shape index (κ2) is 4.91. The fourth-order valence-electron chi connectivity index (χ4n) is 1.41. The molecule has 0 bridgehead atoms. The molecule has 0 aromatic rings. The molecule has 1 heterocycles. The first-order valence-corrected chi connectivity index (χ1v) is 6.22. The zero-order valence-corrected chi connectivity index (χ0v) is 10.2. The smallest absolute Gasteiger partial charge is 0.189 e. The topological polar surface area (TPSA) is 50.4 Å². The number of nitrogens with two attached hydrogens (primary N) is 1. The highest BCUT2D eigenvalue weighted by Gasteiger charge is 2.15. The second-order valence-electron chi connectivity index (χ2n) is 4.74. The number of hydrogen-bond donors (Lipinski definition) is 2. The van der Waals surface area contributed by atoms with Gasteiger partial charge in [-0.05, 0) is 39.4 Å². The SMILES string of the molecule is CC(C)(C)NC(N)=NCC1CCCS1. The molecular weight excluding hydrogens is 194 g/mol. The molecule has 3 nitrogen and oxygen atoms in total. The fraction of sp³-hybridized carbons (Fsp3) is 0.900. The van der Waals surface area contributed by atoms with Crippen LogP contribution in [0.25, 0.3) is 0 Å². The molecule has 0 spiro atoms. The zero-order valence-electron chi connectivity index (χ0n) is 9.34. The number of nitrogens with one attached hydrogen (secondary N) is 1. The summed E-state index contributed by atoms with van der Waals surface area (Å²) in [6, 6.07) is 0. The van der Waals surface area contributed by atoms with Gasteiger partial charge in [-0.1, -0.05) is 0 Å². The van der Waals surface area contributed by atoms with Crippen molar-refractivity contribution in [3.63, 3.8) is 0 Å². The summed E-state index contributed by atoms with van der Waals surface area (Å²) in [6.07, 6.45) is 2.62. The summed E-state index contributed by atoms with van der Waals surface area (Å²) < 4.78 is 0. The highest BCUT2D eigenvalue weighted by atomic mass is 32.2. The highest BCUT2D eigenvalue weighted by molar-refractivity contribution is 8.00. The van der Waals surface area contributed by atoms with Crippen molar-refractivity contribution in [3.8, 4) is 0 Å². The van der Waals surface area contributed by atoms with Gasteiger partial charge in [-0.15, -0.1) is 0 Å². The van der Waals surface area contributed by atoms with Crippen LogP contribution in [0, 0.1) is 0 Å². The fourth-order valence-corrected chi connectivity index (χ4v) is 2.59. The van der Waals surface area contributed by atoms with Crippen LogP contribution in [0.15, 0.2) is 4.99 Å². The Morgan fingerprint density at radius 1 is 1.57 bits per heavy atom. The number of hydrogen-bond acceptors (Lipinski definition) is 2. The van der Waals surface area contributed by atoms with Gasteiger partial charge in [0.1, 0.15) is 0 Å². The normalized spacial score (nSPS) is 23.9. The van der Waals surface area contributed by atoms with E-state index in [9.17, 15) is 0 Å². The van der Waals surface area contributed by atoms with Crippen LogP contribution < -0.4 is 11.1 Å². The van der Waals surface area contributed by atoms with Crippen molar-refractivity contribution in [2.75, 3.05) is 12.3 Å². The molecule has 1 saturated heterocycles. The standard InChI is InChI=1S/C10H21N3S/c1-10(2,3)13-9(11)12-7-8-5-4-6-14-8/h8H,4-7H2,1-3H3,(H3,11,12,13). The third kappa shape index (κ3) is 4.74. The number of thioether (sulfide) groups is 1. The average molecular weight is 215 g/mol. The first-order chi connectivity index (χ1) is 6.47. The maximum absolute atomic E-state index is 5.77. The number of guanidine groups is 1. The average Bonchev–Trinajstić information content (AvgIpc) is 2.49. The minimum absolute atomic E-state index is 0.0103. The third-order valence-corrected chi connectivity index (χ3v) is 3.37. The first kappa shape index (κ1) is 11.7. The maximum atomic E-state index is 5.77. The second-order valence-corrected chi connectivity index (χ2v) is 6.14. The van der Waals surface area contributed by atoms with Crippen molar-refractivity contribution in [2.24, 2.45) is 10.7 Å². The van der Waals surface area contributed by atoms with Crippen LogP contribution in [-0.2, 0) is 0 Å². The first-order valence-electron chi connectivity index (χ1n) is 5.17. The Balaban J connectivity index is 2.28. The van der Waals surface area contributed by atoms with Crippen molar-refractivity contribution in [2.45, 2.75) is 44.4 Å². The van der Waals surface area contributed by atoms with Crippen LogP contribution in [0.1, 0.15) is 33.6 Å². The summed E-state index contributed by atoms with van der Waals surface area (Å²) in [7, 11) is 0. The summed E-state index contributed by atoms with van der Waals surface area (Å²) in [5, 5.41) is 3.85. The summed E-state index contributed by atoms with van der Waals surface area (Å²) in [5.74, 6) is 1.86. The van der Waals surface area contributed by atoms with Crippen LogP contribution in [0.3, 0.4) is 0 Å². The molecule has 0 aromatic heterocycles. The lowest BCUT2D eigenvalue weighted by molar-refractivity contribution is 0.508. The van der Waals surface area contributed by atoms with Gasteiger partial charge in [0.05, 0.1) is 6.54 Å². The quantitative estimate of drug-likeness (QED) is 0.543. The van der Waals surface area contributed by atoms with E-state index in [1.54, 1.807) is 0 Å². The van der Waals surface area contributed by atoms with Crippen LogP contribution >= 0.6 is 11.8 Å². The van der Waals surface area contributed by atoms with E-state index in [0.29, 0.717) is 11.2 Å². The van der Waals surface area contributed by atoms with Gasteiger partial charge in [-0.3, -0.25) is 4.99 Å². The van der Waals surface area contributed by atoms with E-state index in [2.05, 4.69) is 31.1 Å². The highest BCUT2D eigenvalue weighted by Crippen LogP contribution is 2.25. The van der Waals surface area contributed by atoms with Crippen molar-refractivity contribution in [1.82, 2.24) is 5.32 Å². The van der Waals surface area contributed by atoms with E-state index in [4.69, 9.17) is 5.73 Å². The molecule has 0 saturated carbocycles. The van der Waals surface area contributed by atoms with E-state index in [1.807, 2.05) is 11.8 Å². The molecule has 4 heteroatoms. The van der Waals surface area contributed by atoms with Gasteiger partial charge in [0, 0.05) is 10.8 Å². The molecule has 0 amide bonds. The van der Waals surface area contributed by atoms with E-state index in [0.717, 1.165) is 6.54 Å². The molecule has 0 aromatic carbocycles. The minimum Gasteiger partial charge on any atom is -0.370 e. The molecule has 3 N–H and O–H groups in total. The van der Waals surface area contributed by atoms with Crippen LogP contribution in [0.2, 0.25) is 0 Å². The number of rotatable bonds is 2. The van der Waals surface area contributed by atoms with Gasteiger partial charge in [-0.2, -0.15) is 11.8 Å². The Morgan fingerprint density at radius 2 is 2.29 bits per heavy atom. The predicted octanol–water partition coefficient (Wildman–Crippen LogP) is 1.58. The lowest BCUT2D eigenvalue weighted by Gasteiger charge is -2.21. The van der Waals surface area contributed by atoms with Gasteiger partial charge in [0.2, 0.25) is 0 Å². The molecule has 1 aliphatic rings. The molecule has 14 heavy (non-hydrogen) atoms. The Hall–Kier alpha value is -0.380. The van der Waals surface area contributed by atoms with Crippen molar-refractivity contribution in [1.29, 1.82) is 0 Å². The van der Waals surface area contributed by atoms with Crippen LogP contribution in [0.5, 0.6) is 0 Å². The number of aliphatic imine (C=N–C) groups is 1. The summed E-state index contributed by atoms with van der Waals surface area (Å²) in [4.78, 5) is 4.35. The van der Waals surface area contributed by atoms with Crippen LogP contribution in [0.4, 0.5) is 0 Å². The summed E-state index contributed by atoms with van der Waals surface area (Å²) in [5.41, 5.74) is 5.78. The maximum Gasteiger partial charge on any atom is 0.189 e.